The summed E-state index contributed by atoms with van der Waals surface area (Å²) in [4.78, 5) is 24.4. The summed E-state index contributed by atoms with van der Waals surface area (Å²) in [6, 6.07) is 13.4. The van der Waals surface area contributed by atoms with Gasteiger partial charge in [-0.1, -0.05) is 12.1 Å². The Morgan fingerprint density at radius 3 is 2.78 bits per heavy atom. The Morgan fingerprint density at radius 2 is 2.00 bits per heavy atom. The van der Waals surface area contributed by atoms with Gasteiger partial charge < -0.3 is 9.47 Å². The van der Waals surface area contributed by atoms with E-state index in [0.717, 1.165) is 0 Å². The Morgan fingerprint density at radius 1 is 1.12 bits per heavy atom. The van der Waals surface area contributed by atoms with E-state index in [1.165, 1.54) is 16.7 Å². The number of hydrogen-bond acceptors (Lipinski definition) is 5. The number of pyridine rings is 2. The summed E-state index contributed by atoms with van der Waals surface area (Å²) in [5, 5.41) is 0.690. The van der Waals surface area contributed by atoms with Gasteiger partial charge in [-0.25, -0.2) is 14.2 Å². The number of rotatable bonds is 5. The van der Waals surface area contributed by atoms with E-state index in [-0.39, 0.29) is 11.5 Å². The van der Waals surface area contributed by atoms with Crippen molar-refractivity contribution in [2.45, 2.75) is 6.92 Å². The van der Waals surface area contributed by atoms with Gasteiger partial charge in [0.25, 0.3) is 0 Å². The first-order valence-electron chi connectivity index (χ1n) is 10.1. The van der Waals surface area contributed by atoms with Crippen molar-refractivity contribution in [3.8, 4) is 28.3 Å². The van der Waals surface area contributed by atoms with Crippen LogP contribution in [0.5, 0.6) is 11.5 Å². The fourth-order valence-electron chi connectivity index (χ4n) is 3.90. The third-order valence-electron chi connectivity index (χ3n) is 5.24. The van der Waals surface area contributed by atoms with Crippen molar-refractivity contribution in [1.29, 1.82) is 0 Å². The first-order chi connectivity index (χ1) is 15.6. The second kappa shape index (κ2) is 7.81. The average Bonchev–Trinajstić information content (AvgIpc) is 3.14. The van der Waals surface area contributed by atoms with Crippen LogP contribution in [0.2, 0.25) is 0 Å². The van der Waals surface area contributed by atoms with Gasteiger partial charge in [0, 0.05) is 29.4 Å². The maximum atomic E-state index is 13.8. The highest BCUT2D eigenvalue weighted by molar-refractivity contribution is 5.94. The van der Waals surface area contributed by atoms with Crippen LogP contribution < -0.4 is 15.2 Å². The second-order valence-corrected chi connectivity index (χ2v) is 7.12. The zero-order chi connectivity index (χ0) is 22.2. The number of imidazole rings is 1. The Labute approximate surface area is 182 Å². The Balaban J connectivity index is 1.77. The second-order valence-electron chi connectivity index (χ2n) is 7.12. The van der Waals surface area contributed by atoms with Gasteiger partial charge in [0.05, 0.1) is 24.9 Å². The van der Waals surface area contributed by atoms with Crippen LogP contribution in [-0.2, 0) is 0 Å². The average molecular weight is 430 g/mol. The van der Waals surface area contributed by atoms with Crippen molar-refractivity contribution in [2.75, 3.05) is 13.7 Å². The number of aromatic nitrogens is 4. The molecule has 3 aromatic heterocycles. The van der Waals surface area contributed by atoms with E-state index < -0.39 is 0 Å². The van der Waals surface area contributed by atoms with Crippen molar-refractivity contribution in [3.05, 3.63) is 77.2 Å². The van der Waals surface area contributed by atoms with E-state index in [0.29, 0.717) is 57.0 Å². The molecule has 3 heterocycles. The molecule has 2 aromatic carbocycles. The quantitative estimate of drug-likeness (QED) is 0.445. The molecule has 8 heteroatoms. The molecule has 7 nitrogen and oxygen atoms in total. The van der Waals surface area contributed by atoms with Gasteiger partial charge in [-0.15, -0.1) is 0 Å². The molecular weight excluding hydrogens is 411 g/mol. The number of benzene rings is 2. The number of H-pyrrole nitrogens is 1. The number of halogens is 1. The predicted octanol–water partition coefficient (Wildman–Crippen LogP) is 4.48. The third kappa shape index (κ3) is 3.17. The van der Waals surface area contributed by atoms with Gasteiger partial charge in [-0.3, -0.25) is 14.5 Å². The molecule has 5 rings (SSSR count). The Bertz CT molecular complexity index is 1520. The summed E-state index contributed by atoms with van der Waals surface area (Å²) < 4.78 is 26.8. The topological polar surface area (TPSA) is 82.0 Å². The third-order valence-corrected chi connectivity index (χ3v) is 5.24. The van der Waals surface area contributed by atoms with Crippen LogP contribution in [0.3, 0.4) is 0 Å². The number of methoxy groups -OCH3 is 1. The molecule has 0 radical (unpaired) electrons. The summed E-state index contributed by atoms with van der Waals surface area (Å²) in [6.07, 6.45) is 3.25. The van der Waals surface area contributed by atoms with Crippen molar-refractivity contribution < 1.29 is 13.9 Å². The van der Waals surface area contributed by atoms with Crippen LogP contribution in [0, 0.1) is 5.82 Å². The summed E-state index contributed by atoms with van der Waals surface area (Å²) in [5.74, 6) is 0.743. The van der Waals surface area contributed by atoms with Gasteiger partial charge in [-0.2, -0.15) is 0 Å². The molecule has 0 aliphatic rings. The van der Waals surface area contributed by atoms with Gasteiger partial charge in [-0.05, 0) is 42.8 Å². The molecule has 0 aliphatic heterocycles. The lowest BCUT2D eigenvalue weighted by Crippen LogP contribution is -2.15. The zero-order valence-corrected chi connectivity index (χ0v) is 17.4. The van der Waals surface area contributed by atoms with E-state index in [2.05, 4.69) is 15.0 Å². The van der Waals surface area contributed by atoms with Crippen LogP contribution >= 0.6 is 0 Å². The number of nitrogens with one attached hydrogen (secondary N) is 1. The number of aromatic amines is 1. The Hall–Kier alpha value is -4.20. The molecule has 0 spiro atoms. The summed E-state index contributed by atoms with van der Waals surface area (Å²) in [7, 11) is 1.55. The lowest BCUT2D eigenvalue weighted by molar-refractivity contribution is 0.343. The van der Waals surface area contributed by atoms with Crippen molar-refractivity contribution >= 4 is 22.1 Å². The molecule has 0 saturated carbocycles. The first kappa shape index (κ1) is 19.7. The molecule has 160 valence electrons. The largest absolute Gasteiger partial charge is 0.495 e. The molecule has 0 aliphatic carbocycles. The van der Waals surface area contributed by atoms with Crippen LogP contribution in [-0.4, -0.2) is 33.2 Å². The number of nitrogens with zero attached hydrogens (tertiary/aromatic N) is 3. The minimum absolute atomic E-state index is 0.341. The van der Waals surface area contributed by atoms with E-state index in [1.807, 2.05) is 19.1 Å². The lowest BCUT2D eigenvalue weighted by Gasteiger charge is -2.13. The normalized spacial score (nSPS) is 11.2. The molecule has 1 N–H and O–H groups in total. The monoisotopic (exact) mass is 430 g/mol. The lowest BCUT2D eigenvalue weighted by atomic mass is 10.0. The minimum Gasteiger partial charge on any atom is -0.495 e. The Kier molecular flexibility index (Phi) is 4.82. The summed E-state index contributed by atoms with van der Waals surface area (Å²) in [5.41, 5.74) is 3.22. The van der Waals surface area contributed by atoms with Gasteiger partial charge in [0.15, 0.2) is 5.65 Å². The van der Waals surface area contributed by atoms with E-state index >= 15 is 0 Å². The number of ether oxygens (including phenoxy) is 2. The molecule has 32 heavy (non-hydrogen) atoms. The fraction of sp³-hybridized carbons (Fsp3) is 0.125. The van der Waals surface area contributed by atoms with Crippen LogP contribution in [0.25, 0.3) is 38.9 Å². The first-order valence-corrected chi connectivity index (χ1v) is 10.1. The highest BCUT2D eigenvalue weighted by atomic mass is 19.1. The molecule has 0 saturated heterocycles. The van der Waals surface area contributed by atoms with E-state index in [1.54, 1.807) is 43.8 Å². The zero-order valence-electron chi connectivity index (χ0n) is 17.4. The van der Waals surface area contributed by atoms with E-state index in [9.17, 15) is 9.18 Å². The summed E-state index contributed by atoms with van der Waals surface area (Å²) >= 11 is 0. The molecule has 0 atom stereocenters. The van der Waals surface area contributed by atoms with Crippen molar-refractivity contribution in [3.63, 3.8) is 0 Å². The standard InChI is InChI=1S/C24H19FN4O3/c1-3-32-20-9-10-26-23-21(20)29(24(30)28-23)16-7-8-19-17(12-16)22(31-2)18(13-27-19)14-5-4-6-15(25)11-14/h4-13H,3H2,1-2H3,(H,26,28,30). The molecule has 5 aromatic rings. The maximum Gasteiger partial charge on any atom is 0.332 e. The highest BCUT2D eigenvalue weighted by Crippen LogP contribution is 2.37. The molecule has 0 amide bonds. The molecule has 0 unspecified atom stereocenters. The SMILES string of the molecule is CCOc1ccnc2[nH]c(=O)n(-c3ccc4ncc(-c5cccc(F)c5)c(OC)c4c3)c12. The van der Waals surface area contributed by atoms with Crippen LogP contribution in [0.4, 0.5) is 4.39 Å². The molecule has 0 fully saturated rings. The maximum absolute atomic E-state index is 13.8. The highest BCUT2D eigenvalue weighted by Gasteiger charge is 2.17. The van der Waals surface area contributed by atoms with Crippen LogP contribution in [0.1, 0.15) is 6.92 Å². The fourth-order valence-corrected chi connectivity index (χ4v) is 3.90. The van der Waals surface area contributed by atoms with Crippen molar-refractivity contribution in [2.24, 2.45) is 0 Å². The van der Waals surface area contributed by atoms with E-state index in [4.69, 9.17) is 9.47 Å². The van der Waals surface area contributed by atoms with Gasteiger partial charge in [0.2, 0.25) is 0 Å². The minimum atomic E-state index is -0.348. The smallest absolute Gasteiger partial charge is 0.332 e. The van der Waals surface area contributed by atoms with Gasteiger partial charge >= 0.3 is 5.69 Å². The molecule has 0 bridgehead atoms. The predicted molar refractivity (Wildman–Crippen MR) is 120 cm³/mol. The van der Waals surface area contributed by atoms with Gasteiger partial charge in [0.1, 0.15) is 22.8 Å². The van der Waals surface area contributed by atoms with Crippen LogP contribution in [0.15, 0.2) is 65.7 Å². The number of fused-ring (bicyclic) bond motifs is 2. The summed E-state index contributed by atoms with van der Waals surface area (Å²) in [6.45, 7) is 2.33. The molecular formula is C24H19FN4O3. The van der Waals surface area contributed by atoms with Crippen molar-refractivity contribution in [1.82, 2.24) is 19.5 Å². The number of hydrogen-bond donors (Lipinski definition) is 1.